The van der Waals surface area contributed by atoms with E-state index in [-0.39, 0.29) is 31.3 Å². The van der Waals surface area contributed by atoms with Gasteiger partial charge in [0.2, 0.25) is 5.91 Å². The van der Waals surface area contributed by atoms with E-state index in [1.54, 1.807) is 0 Å². The van der Waals surface area contributed by atoms with Crippen molar-refractivity contribution in [2.75, 3.05) is 4.43 Å². The highest BCUT2D eigenvalue weighted by Crippen LogP contribution is 2.28. The molecular formula is C55H96INO8. The number of carbonyl (C=O) groups is 3. The number of carbonyl (C=O) groups excluding carboxylic acids is 3. The number of aliphatic hydroxyl groups is 1. The molecule has 1 amide bonds. The first-order chi connectivity index (χ1) is 31.8. The van der Waals surface area contributed by atoms with Crippen molar-refractivity contribution in [1.29, 1.82) is 0 Å². The second kappa shape index (κ2) is 41.2. The molecule has 65 heavy (non-hydrogen) atoms. The summed E-state index contributed by atoms with van der Waals surface area (Å²) in [6.07, 6.45) is 33.4. The summed E-state index contributed by atoms with van der Waals surface area (Å²) in [6.45, 7) is 6.94. The molecule has 6 atom stereocenters. The number of unbranched alkanes of at least 4 members (excludes halogenated alkanes) is 28. The van der Waals surface area contributed by atoms with Crippen LogP contribution in [0.3, 0.4) is 0 Å². The van der Waals surface area contributed by atoms with Crippen LogP contribution in [0.2, 0.25) is 0 Å². The Morgan fingerprint density at radius 2 is 1.05 bits per heavy atom. The van der Waals surface area contributed by atoms with Crippen LogP contribution >= 0.6 is 22.6 Å². The zero-order chi connectivity index (χ0) is 47.0. The molecule has 1 aliphatic rings. The number of ether oxygens (including phenoxy) is 4. The average Bonchev–Trinajstić information content (AvgIpc) is 3.30. The van der Waals surface area contributed by atoms with E-state index in [1.165, 1.54) is 141 Å². The first-order valence-electron chi connectivity index (χ1n) is 27.1. The number of rotatable bonds is 43. The fourth-order valence-electron chi connectivity index (χ4n) is 8.89. The molecule has 0 aromatic heterocycles. The standard InChI is InChI=1S/C55H96INO8/c1-4-7-10-13-16-19-21-24-27-30-36-41-50(59)63-47(40-35-29-26-23-18-15-12-9-6-3)43-49(58)57-52-54(65-51(60)42-37-31-28-25-22-20-17-14-11-8-5-2)53(61)48(44-56)64-55(52)62-45-46-38-33-32-34-39-46/h32-34,38-39,47-48,52-55,61H,4-31,35-37,40-45H2,1-3H3,(H,57,58)/t47-,48+,52+,53+,54+,55+/m0/s1. The molecule has 0 aliphatic carbocycles. The summed E-state index contributed by atoms with van der Waals surface area (Å²) >= 11 is 2.16. The van der Waals surface area contributed by atoms with Gasteiger partial charge in [-0.25, -0.2) is 0 Å². The number of halogens is 1. The van der Waals surface area contributed by atoms with Crippen LogP contribution in [0.4, 0.5) is 0 Å². The largest absolute Gasteiger partial charge is 0.462 e. The lowest BCUT2D eigenvalue weighted by molar-refractivity contribution is -0.266. The van der Waals surface area contributed by atoms with Crippen LogP contribution in [0.5, 0.6) is 0 Å². The Morgan fingerprint density at radius 3 is 1.51 bits per heavy atom. The number of nitrogens with one attached hydrogen (secondary N) is 1. The van der Waals surface area contributed by atoms with Crippen molar-refractivity contribution in [2.45, 2.75) is 289 Å². The lowest BCUT2D eigenvalue weighted by Gasteiger charge is -2.44. The second-order valence-corrected chi connectivity index (χ2v) is 19.9. The molecule has 1 fully saturated rings. The first kappa shape index (κ1) is 59.4. The number of aliphatic hydroxyl groups excluding tert-OH is 1. The topological polar surface area (TPSA) is 120 Å². The number of hydrogen-bond acceptors (Lipinski definition) is 8. The lowest BCUT2D eigenvalue weighted by atomic mass is 9.96. The van der Waals surface area contributed by atoms with Gasteiger partial charge in [0.15, 0.2) is 12.4 Å². The average molecular weight is 1030 g/mol. The van der Waals surface area contributed by atoms with Crippen molar-refractivity contribution in [2.24, 2.45) is 0 Å². The predicted octanol–water partition coefficient (Wildman–Crippen LogP) is 14.7. The Labute approximate surface area is 411 Å². The number of benzene rings is 1. The SMILES string of the molecule is CCCCCCCCCCCCCC(=O)O[C@@H](CCCCCCCCCCC)CC(=O)N[C@H]1[C@H](OCc2ccccc2)O[C@H](CI)[C@@H](O)[C@@H]1OC(=O)CCCCCCCCCCCCC. The highest BCUT2D eigenvalue weighted by molar-refractivity contribution is 14.1. The highest BCUT2D eigenvalue weighted by Gasteiger charge is 2.48. The molecule has 376 valence electrons. The van der Waals surface area contributed by atoms with Gasteiger partial charge in [0.1, 0.15) is 18.2 Å². The molecule has 1 aromatic rings. The summed E-state index contributed by atoms with van der Waals surface area (Å²) < 4.78 is 25.2. The van der Waals surface area contributed by atoms with E-state index in [2.05, 4.69) is 48.7 Å². The normalized spacial score (nSPS) is 18.9. The second-order valence-electron chi connectivity index (χ2n) is 19.0. The van der Waals surface area contributed by atoms with Crippen molar-refractivity contribution in [3.05, 3.63) is 35.9 Å². The number of alkyl halides is 1. The molecule has 9 nitrogen and oxygen atoms in total. The third-order valence-electron chi connectivity index (χ3n) is 13.0. The van der Waals surface area contributed by atoms with Gasteiger partial charge in [0.25, 0.3) is 0 Å². The fourth-order valence-corrected chi connectivity index (χ4v) is 9.62. The molecule has 1 aromatic carbocycles. The molecule has 0 unspecified atom stereocenters. The monoisotopic (exact) mass is 1030 g/mol. The van der Waals surface area contributed by atoms with E-state index >= 15 is 0 Å². The molecule has 2 N–H and O–H groups in total. The lowest BCUT2D eigenvalue weighted by Crippen LogP contribution is -2.65. The van der Waals surface area contributed by atoms with Crippen molar-refractivity contribution >= 4 is 40.4 Å². The smallest absolute Gasteiger partial charge is 0.306 e. The summed E-state index contributed by atoms with van der Waals surface area (Å²) in [5.41, 5.74) is 0.925. The zero-order valence-corrected chi connectivity index (χ0v) is 43.9. The van der Waals surface area contributed by atoms with E-state index in [0.29, 0.717) is 23.7 Å². The summed E-state index contributed by atoms with van der Waals surface area (Å²) in [5.74, 6) is -1.02. The fraction of sp³-hybridized carbons (Fsp3) is 0.836. The molecule has 0 radical (unpaired) electrons. The molecule has 0 bridgehead atoms. The van der Waals surface area contributed by atoms with Crippen LogP contribution < -0.4 is 5.32 Å². The Hall–Kier alpha value is -1.76. The minimum absolute atomic E-state index is 0.0336. The summed E-state index contributed by atoms with van der Waals surface area (Å²) in [7, 11) is 0. The Morgan fingerprint density at radius 1 is 0.615 bits per heavy atom. The van der Waals surface area contributed by atoms with Gasteiger partial charge in [-0.15, -0.1) is 0 Å². The maximum absolute atomic E-state index is 14.1. The van der Waals surface area contributed by atoms with Gasteiger partial charge >= 0.3 is 11.9 Å². The quantitative estimate of drug-likeness (QED) is 0.0287. The van der Waals surface area contributed by atoms with E-state index in [4.69, 9.17) is 18.9 Å². The van der Waals surface area contributed by atoms with Crippen molar-refractivity contribution in [3.8, 4) is 0 Å². The van der Waals surface area contributed by atoms with E-state index in [1.807, 2.05) is 30.3 Å². The summed E-state index contributed by atoms with van der Waals surface area (Å²) in [5, 5.41) is 14.6. The molecule has 10 heteroatoms. The third kappa shape index (κ3) is 30.4. The van der Waals surface area contributed by atoms with Gasteiger partial charge in [-0.3, -0.25) is 14.4 Å². The van der Waals surface area contributed by atoms with Crippen LogP contribution in [-0.4, -0.2) is 64.1 Å². The minimum Gasteiger partial charge on any atom is -0.462 e. The van der Waals surface area contributed by atoms with Gasteiger partial charge in [-0.1, -0.05) is 253 Å². The minimum atomic E-state index is -1.17. The van der Waals surface area contributed by atoms with Crippen molar-refractivity contribution in [1.82, 2.24) is 5.32 Å². The van der Waals surface area contributed by atoms with Gasteiger partial charge in [-0.05, 0) is 31.2 Å². The Kier molecular flexibility index (Phi) is 37.7. The maximum Gasteiger partial charge on any atom is 0.306 e. The van der Waals surface area contributed by atoms with Crippen LogP contribution in [0.25, 0.3) is 0 Å². The van der Waals surface area contributed by atoms with Gasteiger partial charge < -0.3 is 29.4 Å². The summed E-state index contributed by atoms with van der Waals surface area (Å²) in [6, 6.07) is 8.74. The van der Waals surface area contributed by atoms with Crippen molar-refractivity contribution < 1.29 is 38.4 Å². The van der Waals surface area contributed by atoms with Crippen LogP contribution in [0.15, 0.2) is 30.3 Å². The Balaban J connectivity index is 2.05. The van der Waals surface area contributed by atoms with Crippen molar-refractivity contribution in [3.63, 3.8) is 0 Å². The Bertz CT molecular complexity index is 1290. The summed E-state index contributed by atoms with van der Waals surface area (Å²) in [4.78, 5) is 40.7. The molecule has 0 saturated carbocycles. The van der Waals surface area contributed by atoms with Crippen LogP contribution in [0.1, 0.15) is 251 Å². The molecule has 1 heterocycles. The molecule has 1 aliphatic heterocycles. The van der Waals surface area contributed by atoms with Gasteiger partial charge in [-0.2, -0.15) is 0 Å². The van der Waals surface area contributed by atoms with Gasteiger partial charge in [0, 0.05) is 17.3 Å². The van der Waals surface area contributed by atoms with Crippen LogP contribution in [0, 0.1) is 0 Å². The first-order valence-corrected chi connectivity index (χ1v) is 28.6. The molecule has 2 rings (SSSR count). The molecular weight excluding hydrogens is 930 g/mol. The number of hydrogen-bond donors (Lipinski definition) is 2. The maximum atomic E-state index is 14.1. The number of esters is 2. The van der Waals surface area contributed by atoms with E-state index in [0.717, 1.165) is 56.9 Å². The zero-order valence-electron chi connectivity index (χ0n) is 41.7. The molecule has 0 spiro atoms. The van der Waals surface area contributed by atoms with E-state index in [9.17, 15) is 19.5 Å². The van der Waals surface area contributed by atoms with E-state index < -0.39 is 42.7 Å². The highest BCUT2D eigenvalue weighted by atomic mass is 127. The van der Waals surface area contributed by atoms with Gasteiger partial charge in [0.05, 0.1) is 19.1 Å². The predicted molar refractivity (Wildman–Crippen MR) is 275 cm³/mol. The molecule has 1 saturated heterocycles. The number of amides is 1. The van der Waals surface area contributed by atoms with Crippen LogP contribution in [-0.2, 0) is 39.9 Å². The third-order valence-corrected chi connectivity index (χ3v) is 13.9.